The maximum absolute atomic E-state index is 12.2. The van der Waals surface area contributed by atoms with Crippen molar-refractivity contribution in [2.24, 2.45) is 0 Å². The Morgan fingerprint density at radius 2 is 1.72 bits per heavy atom. The van der Waals surface area contributed by atoms with Gasteiger partial charge in [0.25, 0.3) is 0 Å². The molecule has 8 heteroatoms. The van der Waals surface area contributed by atoms with Crippen LogP contribution in [0.25, 0.3) is 0 Å². The fourth-order valence-electron chi connectivity index (χ4n) is 1.90. The Hall–Kier alpha value is -1.91. The Labute approximate surface area is 195 Å². The van der Waals surface area contributed by atoms with Crippen LogP contribution in [0.3, 0.4) is 0 Å². The summed E-state index contributed by atoms with van der Waals surface area (Å²) >= 11 is 0. The molecule has 0 saturated carbocycles. The minimum atomic E-state index is -3.08. The molecule has 2 rings (SSSR count). The van der Waals surface area contributed by atoms with E-state index in [1.165, 1.54) is 0 Å². The number of rotatable bonds is 5. The first-order valence-corrected chi connectivity index (χ1v) is 8.49. The summed E-state index contributed by atoms with van der Waals surface area (Å²) in [6.45, 7) is 4.55. The van der Waals surface area contributed by atoms with E-state index in [1.807, 2.05) is 45.0 Å². The predicted octanol–water partition coefficient (Wildman–Crippen LogP) is 5.25. The number of nitrogens with zero attached hydrogens (tertiary/aromatic N) is 1. The molecule has 0 aromatic heterocycles. The number of benzene rings is 2. The molecule has 0 spiro atoms. The molecule has 4 nitrogen and oxygen atoms in total. The first kappa shape index (κ1) is 29.3. The summed E-state index contributed by atoms with van der Waals surface area (Å²) in [7, 11) is 0. The summed E-state index contributed by atoms with van der Waals surface area (Å²) in [4.78, 5) is 12.2. The van der Waals surface area contributed by atoms with E-state index >= 15 is 0 Å². The number of nitrogens with one attached hydrogen (secondary N) is 1. The number of carbonyl (C=O) groups excluding carboxylic acids is 1. The van der Waals surface area contributed by atoms with E-state index in [9.17, 15) is 23.2 Å². The van der Waals surface area contributed by atoms with Gasteiger partial charge in [0.1, 0.15) is 12.4 Å². The monoisotopic (exact) mass is 481 g/mol. The van der Waals surface area contributed by atoms with Crippen LogP contribution in [0.5, 0.6) is 5.75 Å². The van der Waals surface area contributed by atoms with E-state index in [2.05, 4.69) is 17.5 Å². The number of halogens is 3. The van der Waals surface area contributed by atoms with Crippen LogP contribution < -0.4 is 10.1 Å². The zero-order valence-corrected chi connectivity index (χ0v) is 19.6. The molecule has 1 amide bonds. The van der Waals surface area contributed by atoms with E-state index in [0.29, 0.717) is 11.3 Å². The predicted molar refractivity (Wildman–Crippen MR) is 101 cm³/mol. The van der Waals surface area contributed by atoms with Gasteiger partial charge in [-0.2, -0.15) is 35.6 Å². The van der Waals surface area contributed by atoms with Gasteiger partial charge in [0.2, 0.25) is 5.91 Å². The number of ether oxygens (including phenoxy) is 1. The average molecular weight is 481 g/mol. The molecule has 0 saturated heterocycles. The largest absolute Gasteiger partial charge is 0.490 e. The number of hydrogen-bond donors (Lipinski definition) is 1. The summed E-state index contributed by atoms with van der Waals surface area (Å²) in [6, 6.07) is 19.1. The topological polar surface area (TPSA) is 62.1 Å². The fourth-order valence-corrected chi connectivity index (χ4v) is 1.90. The first-order chi connectivity index (χ1) is 13.3. The van der Waals surface area contributed by atoms with Crippen LogP contribution in [-0.4, -0.2) is 18.1 Å². The second kappa shape index (κ2) is 16.0. The number of hydrogen-bond acceptors (Lipinski definition) is 3. The smallest absolute Gasteiger partial charge is 0.228 e. The zero-order chi connectivity index (χ0) is 21.6. The Bertz CT molecular complexity index is 752. The van der Waals surface area contributed by atoms with Gasteiger partial charge in [-0.25, -0.2) is 0 Å². The molecule has 155 valence electrons. The molecule has 0 fully saturated rings. The number of carbonyl (C=O) groups is 1. The summed E-state index contributed by atoms with van der Waals surface area (Å²) in [5, 5.41) is 12.1. The molecule has 1 radical (unpaired) electrons. The van der Waals surface area contributed by atoms with Crippen LogP contribution in [0, 0.1) is 31.0 Å². The minimum Gasteiger partial charge on any atom is -0.490 e. The van der Waals surface area contributed by atoms with Crippen LogP contribution in [0.15, 0.2) is 48.5 Å². The van der Waals surface area contributed by atoms with Crippen molar-refractivity contribution in [3.8, 4) is 11.8 Å². The number of aryl methyl sites for hydroxylation is 1. The Morgan fingerprint density at radius 3 is 2.21 bits per heavy atom. The van der Waals surface area contributed by atoms with Crippen LogP contribution in [0.4, 0.5) is 13.2 Å². The molecule has 29 heavy (non-hydrogen) atoms. The molecule has 0 aliphatic rings. The third-order valence-corrected chi connectivity index (χ3v) is 3.23. The van der Waals surface area contributed by atoms with E-state index in [0.717, 1.165) is 5.56 Å². The van der Waals surface area contributed by atoms with Crippen molar-refractivity contribution in [3.05, 3.63) is 72.4 Å². The number of nitriles is 1. The van der Waals surface area contributed by atoms with Gasteiger partial charge in [0.15, 0.2) is 12.2 Å². The Kier molecular flexibility index (Phi) is 16.1. The SMILES string of the molecule is CC.Cc1ccccc1OCC(C)(C#N)NC(=O)c1cc[c-]cc1.F[C-](F)F.[Y]. The fraction of sp³-hybridized carbons (Fsp3) is 0.286. The van der Waals surface area contributed by atoms with Crippen molar-refractivity contribution >= 4 is 5.91 Å². The minimum absolute atomic E-state index is 0. The van der Waals surface area contributed by atoms with Crippen molar-refractivity contribution < 1.29 is 55.4 Å². The molecule has 0 bridgehead atoms. The second-order valence-corrected chi connectivity index (χ2v) is 5.46. The van der Waals surface area contributed by atoms with Crippen LogP contribution in [-0.2, 0) is 32.7 Å². The molecule has 1 N–H and O–H groups in total. The molecule has 2 aromatic rings. The van der Waals surface area contributed by atoms with E-state index < -0.39 is 12.2 Å². The summed E-state index contributed by atoms with van der Waals surface area (Å²) < 4.78 is 34.4. The number of amides is 1. The van der Waals surface area contributed by atoms with Gasteiger partial charge in [-0.1, -0.05) is 37.6 Å². The van der Waals surface area contributed by atoms with Crippen molar-refractivity contribution in [1.29, 1.82) is 5.26 Å². The standard InChI is InChI=1S/C18H17N2O2.C2H6.CF3.Y/c1-14-8-6-7-11-16(14)22-13-18(2,12-19)20-17(21)15-9-4-3-5-10-15;1-2;2-1(3)4;/h4-11H,13H2,1-2H3,(H,20,21);1-2H3;;/q-1;;-1;. The van der Waals surface area contributed by atoms with Crippen LogP contribution in [0.2, 0.25) is 0 Å². The van der Waals surface area contributed by atoms with Crippen molar-refractivity contribution in [2.45, 2.75) is 33.2 Å². The molecule has 0 aliphatic carbocycles. The van der Waals surface area contributed by atoms with Crippen molar-refractivity contribution in [2.75, 3.05) is 6.61 Å². The van der Waals surface area contributed by atoms with Gasteiger partial charge < -0.3 is 23.2 Å². The third kappa shape index (κ3) is 12.3. The maximum atomic E-state index is 12.2. The Morgan fingerprint density at radius 1 is 1.21 bits per heavy atom. The molecular weight excluding hydrogens is 458 g/mol. The van der Waals surface area contributed by atoms with Gasteiger partial charge in [-0.3, -0.25) is 4.79 Å². The Balaban J connectivity index is 0. The molecular formula is C21H23F3N2O2Y-2. The van der Waals surface area contributed by atoms with Gasteiger partial charge in [-0.05, 0) is 25.5 Å². The van der Waals surface area contributed by atoms with Crippen molar-refractivity contribution in [1.82, 2.24) is 5.32 Å². The molecule has 1 unspecified atom stereocenters. The average Bonchev–Trinajstić information content (AvgIpc) is 2.69. The van der Waals surface area contributed by atoms with Gasteiger partial charge >= 0.3 is 0 Å². The van der Waals surface area contributed by atoms with Gasteiger partial charge in [0.05, 0.1) is 6.07 Å². The quantitative estimate of drug-likeness (QED) is 0.594. The van der Waals surface area contributed by atoms with Crippen LogP contribution in [0.1, 0.15) is 36.7 Å². The second-order valence-electron chi connectivity index (χ2n) is 5.46. The van der Waals surface area contributed by atoms with Gasteiger partial charge in [0, 0.05) is 32.7 Å². The number of para-hydroxylation sites is 1. The van der Waals surface area contributed by atoms with Crippen molar-refractivity contribution in [3.63, 3.8) is 0 Å². The van der Waals surface area contributed by atoms with Crippen LogP contribution >= 0.6 is 0 Å². The molecule has 2 aromatic carbocycles. The summed E-state index contributed by atoms with van der Waals surface area (Å²) in [5.74, 6) is 0.388. The maximum Gasteiger partial charge on any atom is 0.228 e. The molecule has 1 atom stereocenters. The summed E-state index contributed by atoms with van der Waals surface area (Å²) in [6.07, 6.45) is 0. The summed E-state index contributed by atoms with van der Waals surface area (Å²) in [5.41, 5.74) is 0.350. The molecule has 0 heterocycles. The first-order valence-electron chi connectivity index (χ1n) is 8.49. The van der Waals surface area contributed by atoms with E-state index in [4.69, 9.17) is 4.74 Å². The normalized spacial score (nSPS) is 11.1. The van der Waals surface area contributed by atoms with E-state index in [1.54, 1.807) is 31.2 Å². The van der Waals surface area contributed by atoms with Gasteiger partial charge in [-0.15, -0.1) is 0 Å². The zero-order valence-electron chi connectivity index (χ0n) is 16.8. The van der Waals surface area contributed by atoms with E-state index in [-0.39, 0.29) is 45.2 Å². The third-order valence-electron chi connectivity index (χ3n) is 3.23. The molecule has 0 aliphatic heterocycles.